The van der Waals surface area contributed by atoms with Crippen molar-refractivity contribution in [1.29, 1.82) is 0 Å². The molecule has 2 heterocycles. The summed E-state index contributed by atoms with van der Waals surface area (Å²) >= 11 is 0. The molecule has 0 spiro atoms. The Balaban J connectivity index is 1.17. The highest BCUT2D eigenvalue weighted by molar-refractivity contribution is 6.17. The molecule has 1 fully saturated rings. The van der Waals surface area contributed by atoms with Gasteiger partial charge in [-0.1, -0.05) is 136 Å². The van der Waals surface area contributed by atoms with E-state index in [0.29, 0.717) is 0 Å². The van der Waals surface area contributed by atoms with Gasteiger partial charge in [0.2, 0.25) is 17.1 Å². The van der Waals surface area contributed by atoms with Crippen LogP contribution in [-0.4, -0.2) is 33.0 Å². The number of hydrogen-bond acceptors (Lipinski definition) is 4. The lowest BCUT2D eigenvalue weighted by Gasteiger charge is -2.27. The zero-order chi connectivity index (χ0) is 46.0. The molecule has 6 aromatic carbocycles. The Bertz CT molecular complexity index is 2680. The second kappa shape index (κ2) is 18.6. The Labute approximate surface area is 393 Å². The lowest BCUT2D eigenvalue weighted by Crippen LogP contribution is -2.28. The first-order chi connectivity index (χ1) is 32.0. The maximum absolute atomic E-state index is 5.48. The Hall–Kier alpha value is -6.85. The summed E-state index contributed by atoms with van der Waals surface area (Å²) in [5.74, 6) is 1.77. The highest BCUT2D eigenvalue weighted by Crippen LogP contribution is 2.50. The lowest BCUT2D eigenvalue weighted by atomic mass is 9.83. The minimum atomic E-state index is -0.185. The van der Waals surface area contributed by atoms with Crippen LogP contribution in [0.1, 0.15) is 73.9 Å². The van der Waals surface area contributed by atoms with Crippen molar-refractivity contribution in [1.82, 2.24) is 4.58 Å². The van der Waals surface area contributed by atoms with Gasteiger partial charge >= 0.3 is 0 Å². The first-order valence-electron chi connectivity index (χ1n) is 23.6. The predicted octanol–water partition coefficient (Wildman–Crippen LogP) is 14.1. The topological polar surface area (TPSA) is 28.0 Å². The highest BCUT2D eigenvalue weighted by Gasteiger charge is 2.42. The van der Waals surface area contributed by atoms with Crippen LogP contribution in [0.3, 0.4) is 0 Å². The average molecular weight is 871 g/mol. The summed E-state index contributed by atoms with van der Waals surface area (Å²) in [4.78, 5) is 5.14. The molecule has 3 aliphatic rings. The van der Waals surface area contributed by atoms with Crippen molar-refractivity contribution < 1.29 is 9.47 Å². The molecule has 5 heteroatoms. The van der Waals surface area contributed by atoms with Gasteiger partial charge in [0.1, 0.15) is 11.5 Å². The third kappa shape index (κ3) is 8.67. The first-order valence-corrected chi connectivity index (χ1v) is 23.6. The fourth-order valence-electron chi connectivity index (χ4n) is 10.4. The molecule has 0 aromatic heterocycles. The molecule has 0 N–H and O–H groups in total. The Kier molecular flexibility index (Phi) is 12.5. The van der Waals surface area contributed by atoms with Crippen LogP contribution in [-0.2, 0) is 23.7 Å². The Morgan fingerprint density at radius 3 is 1.27 bits per heavy atom. The Morgan fingerprint density at radius 2 is 0.894 bits per heavy atom. The van der Waals surface area contributed by atoms with E-state index in [1.54, 1.807) is 14.2 Å². The zero-order valence-electron chi connectivity index (χ0n) is 40.1. The molecule has 334 valence electrons. The van der Waals surface area contributed by atoms with E-state index >= 15 is 0 Å². The summed E-state index contributed by atoms with van der Waals surface area (Å²) in [7, 11) is 3.45. The van der Waals surface area contributed by atoms with E-state index in [1.807, 2.05) is 0 Å². The van der Waals surface area contributed by atoms with Crippen LogP contribution in [0.4, 0.5) is 22.7 Å². The molecule has 1 saturated carbocycles. The van der Waals surface area contributed by atoms with Crippen molar-refractivity contribution in [3.63, 3.8) is 0 Å². The van der Waals surface area contributed by atoms with Crippen LogP contribution >= 0.6 is 0 Å². The minimum Gasteiger partial charge on any atom is -0.497 e. The molecule has 9 rings (SSSR count). The minimum absolute atomic E-state index is 0.185. The number of ether oxygens (including phenoxy) is 2. The van der Waals surface area contributed by atoms with Crippen molar-refractivity contribution in [3.8, 4) is 11.5 Å². The molecule has 0 atom stereocenters. The van der Waals surface area contributed by atoms with Crippen LogP contribution in [0.2, 0.25) is 0 Å². The number of methoxy groups -OCH3 is 2. The van der Waals surface area contributed by atoms with Crippen LogP contribution < -0.4 is 23.8 Å². The third-order valence-electron chi connectivity index (χ3n) is 14.1. The summed E-state index contributed by atoms with van der Waals surface area (Å²) < 4.78 is 13.4. The highest BCUT2D eigenvalue weighted by atomic mass is 16.5. The molecule has 0 bridgehead atoms. The number of hydrogen-bond donors (Lipinski definition) is 0. The fraction of sp³-hybridized carbons (Fsp3) is 0.262. The fourth-order valence-corrected chi connectivity index (χ4v) is 10.4. The number of aryl methyl sites for hydroxylation is 2. The van der Waals surface area contributed by atoms with Gasteiger partial charge in [-0.3, -0.25) is 0 Å². The summed E-state index contributed by atoms with van der Waals surface area (Å²) in [6.45, 7) is 15.7. The average Bonchev–Trinajstić information content (AvgIpc) is 3.89. The van der Waals surface area contributed by atoms with E-state index < -0.39 is 0 Å². The van der Waals surface area contributed by atoms with Gasteiger partial charge in [0.05, 0.1) is 14.2 Å². The van der Waals surface area contributed by atoms with E-state index in [1.165, 1.54) is 73.0 Å². The van der Waals surface area contributed by atoms with E-state index in [2.05, 4.69) is 226 Å². The molecule has 0 saturated heterocycles. The summed E-state index contributed by atoms with van der Waals surface area (Å²) in [5, 5.41) is 0. The number of anilines is 2. The molecule has 66 heavy (non-hydrogen) atoms. The Morgan fingerprint density at radius 1 is 0.500 bits per heavy atom. The molecule has 0 radical (unpaired) electrons. The molecular weight excluding hydrogens is 807 g/mol. The number of nitrogens with zero attached hydrogens (tertiary/aromatic N) is 3. The monoisotopic (exact) mass is 870 g/mol. The van der Waals surface area contributed by atoms with Gasteiger partial charge in [-0.15, -0.1) is 0 Å². The number of allylic oxidation sites excluding steroid dienone is 8. The van der Waals surface area contributed by atoms with Crippen molar-refractivity contribution in [3.05, 3.63) is 226 Å². The third-order valence-corrected chi connectivity index (χ3v) is 14.1. The maximum atomic E-state index is 5.48. The van der Waals surface area contributed by atoms with Gasteiger partial charge < -0.3 is 19.3 Å². The van der Waals surface area contributed by atoms with Gasteiger partial charge in [-0.2, -0.15) is 4.58 Å². The standard InChI is InChI=1S/C61H64N3O2/c1-43-19-33-55-53(41-43)60(3,4)57(62(55)39-37-45-21-29-51(65-7)30-22-45)35-27-47-25-26-48(59(47)64(49-15-11-9-12-16-49)50-17-13-10-14-18-50)28-36-58-61(5,6)54-42-44(2)20-34-56(54)63(58)40-38-46-23-31-52(66-8)32-24-46/h9-24,27-36,41-42H,25-26,37-40H2,1-8H3/q+1. The molecule has 2 aliphatic heterocycles. The van der Waals surface area contributed by atoms with Gasteiger partial charge in [0.25, 0.3) is 0 Å². The van der Waals surface area contributed by atoms with Gasteiger partial charge in [-0.25, -0.2) is 0 Å². The lowest BCUT2D eigenvalue weighted by molar-refractivity contribution is 0.414. The second-order valence-corrected chi connectivity index (χ2v) is 19.1. The summed E-state index contributed by atoms with van der Waals surface area (Å²) in [6.07, 6.45) is 13.5. The quantitative estimate of drug-likeness (QED) is 0.115. The molecular formula is C61H64N3O2+. The van der Waals surface area contributed by atoms with E-state index in [4.69, 9.17) is 9.47 Å². The van der Waals surface area contributed by atoms with Gasteiger partial charge in [0, 0.05) is 82.1 Å². The van der Waals surface area contributed by atoms with Crippen molar-refractivity contribution in [2.45, 2.75) is 78.1 Å². The van der Waals surface area contributed by atoms with Gasteiger partial charge in [-0.05, 0) is 110 Å². The van der Waals surface area contributed by atoms with Crippen molar-refractivity contribution in [2.75, 3.05) is 37.1 Å². The number of rotatable bonds is 12. The largest absolute Gasteiger partial charge is 0.497 e. The molecule has 1 aliphatic carbocycles. The number of fused-ring (bicyclic) bond motifs is 2. The summed E-state index contributed by atoms with van der Waals surface area (Å²) in [6, 6.07) is 52.8. The van der Waals surface area contributed by atoms with Crippen LogP contribution in [0.15, 0.2) is 192 Å². The van der Waals surface area contributed by atoms with E-state index in [0.717, 1.165) is 61.6 Å². The number of para-hydroxylation sites is 2. The number of benzene rings is 6. The molecule has 5 nitrogen and oxygen atoms in total. The molecule has 6 aromatic rings. The smallest absolute Gasteiger partial charge is 0.218 e. The zero-order valence-corrected chi connectivity index (χ0v) is 40.1. The van der Waals surface area contributed by atoms with Crippen molar-refractivity contribution >= 4 is 28.5 Å². The maximum Gasteiger partial charge on any atom is 0.218 e. The normalized spacial score (nSPS) is 18.4. The molecule has 0 amide bonds. The van der Waals surface area contributed by atoms with Gasteiger partial charge in [0.15, 0.2) is 0 Å². The van der Waals surface area contributed by atoms with Crippen LogP contribution in [0, 0.1) is 13.8 Å². The first kappa shape index (κ1) is 44.4. The summed E-state index contributed by atoms with van der Waals surface area (Å²) in [5.41, 5.74) is 19.0. The van der Waals surface area contributed by atoms with E-state index in [-0.39, 0.29) is 10.8 Å². The second-order valence-electron chi connectivity index (χ2n) is 19.1. The van der Waals surface area contributed by atoms with Crippen LogP contribution in [0.25, 0.3) is 0 Å². The van der Waals surface area contributed by atoms with E-state index in [9.17, 15) is 0 Å². The molecule has 0 unspecified atom stereocenters. The predicted molar refractivity (Wildman–Crippen MR) is 277 cm³/mol. The van der Waals surface area contributed by atoms with Crippen molar-refractivity contribution in [2.24, 2.45) is 0 Å². The van der Waals surface area contributed by atoms with Crippen LogP contribution in [0.5, 0.6) is 11.5 Å². The SMILES string of the molecule is COc1ccc(CCN2/C(=C/C=C3\CC/C(=C\C=C4\N(CCc5ccc(OC)cc5)c5ccc(C)cc5C4(C)C)C3=[N+](c3ccccc3)c3ccccc3)C(C)(C)c3cc(C)ccc32)cc1.